The Bertz CT molecular complexity index is 403. The van der Waals surface area contributed by atoms with Gasteiger partial charge in [0.1, 0.15) is 0 Å². The van der Waals surface area contributed by atoms with Gasteiger partial charge in [-0.15, -0.1) is 0 Å². The molecule has 1 rings (SSSR count). The minimum Gasteiger partial charge on any atom is -0.348 e. The van der Waals surface area contributed by atoms with E-state index in [1.54, 1.807) is 0 Å². The number of halogens is 1. The number of carbonyl (C=O) groups is 1. The predicted molar refractivity (Wildman–Crippen MR) is 80.1 cm³/mol. The van der Waals surface area contributed by atoms with Crippen LogP contribution >= 0.6 is 11.6 Å². The van der Waals surface area contributed by atoms with Crippen molar-refractivity contribution >= 4 is 17.5 Å². The van der Waals surface area contributed by atoms with Crippen LogP contribution < -0.4 is 11.1 Å². The zero-order valence-electron chi connectivity index (χ0n) is 11.8. The van der Waals surface area contributed by atoms with E-state index < -0.39 is 6.04 Å². The third-order valence-electron chi connectivity index (χ3n) is 3.13. The Morgan fingerprint density at radius 2 is 1.89 bits per heavy atom. The van der Waals surface area contributed by atoms with Crippen molar-refractivity contribution in [2.75, 3.05) is 0 Å². The average Bonchev–Trinajstić information content (AvgIpc) is 2.37. The second-order valence-electron chi connectivity index (χ2n) is 5.18. The summed E-state index contributed by atoms with van der Waals surface area (Å²) in [6.07, 6.45) is 1.61. The molecule has 0 radical (unpaired) electrons. The number of nitrogens with one attached hydrogen (secondary N) is 1. The largest absolute Gasteiger partial charge is 0.348 e. The predicted octanol–water partition coefficient (Wildman–Crippen LogP) is 3.28. The SMILES string of the molecule is CCCC(N)C(=O)NC(c1ccc(Cl)cc1)C(C)C. The van der Waals surface area contributed by atoms with Gasteiger partial charge in [0.05, 0.1) is 12.1 Å². The first kappa shape index (κ1) is 16.0. The lowest BCUT2D eigenvalue weighted by atomic mass is 9.95. The smallest absolute Gasteiger partial charge is 0.237 e. The van der Waals surface area contributed by atoms with Crippen molar-refractivity contribution in [1.82, 2.24) is 5.32 Å². The molecule has 0 spiro atoms. The number of hydrogen-bond donors (Lipinski definition) is 2. The van der Waals surface area contributed by atoms with Crippen LogP contribution in [-0.4, -0.2) is 11.9 Å². The molecule has 4 heteroatoms. The summed E-state index contributed by atoms with van der Waals surface area (Å²) in [5.74, 6) is 0.203. The number of amides is 1. The molecule has 0 bridgehead atoms. The summed E-state index contributed by atoms with van der Waals surface area (Å²) in [6, 6.07) is 7.10. The minimum atomic E-state index is -0.432. The molecular weight excluding hydrogens is 260 g/mol. The zero-order chi connectivity index (χ0) is 14.4. The molecule has 2 unspecified atom stereocenters. The molecular formula is C15H23ClN2O. The van der Waals surface area contributed by atoms with E-state index in [1.165, 1.54) is 0 Å². The Kier molecular flexibility index (Phi) is 6.32. The number of carbonyl (C=O) groups excluding carboxylic acids is 1. The van der Waals surface area contributed by atoms with Gasteiger partial charge in [-0.2, -0.15) is 0 Å². The van der Waals surface area contributed by atoms with E-state index in [9.17, 15) is 4.79 Å². The molecule has 0 fully saturated rings. The summed E-state index contributed by atoms with van der Waals surface area (Å²) < 4.78 is 0. The summed E-state index contributed by atoms with van der Waals surface area (Å²) in [5.41, 5.74) is 6.90. The molecule has 0 heterocycles. The Balaban J connectivity index is 2.79. The molecule has 2 atom stereocenters. The van der Waals surface area contributed by atoms with Gasteiger partial charge in [-0.05, 0) is 30.0 Å². The maximum Gasteiger partial charge on any atom is 0.237 e. The summed E-state index contributed by atoms with van der Waals surface area (Å²) in [7, 11) is 0. The van der Waals surface area contributed by atoms with Crippen molar-refractivity contribution in [3.63, 3.8) is 0 Å². The normalized spacial score (nSPS) is 14.2. The van der Waals surface area contributed by atoms with E-state index in [-0.39, 0.29) is 11.9 Å². The molecule has 0 aromatic heterocycles. The molecule has 1 amide bonds. The van der Waals surface area contributed by atoms with Gasteiger partial charge in [0.15, 0.2) is 0 Å². The lowest BCUT2D eigenvalue weighted by Crippen LogP contribution is -2.43. The first-order chi connectivity index (χ1) is 8.95. The molecule has 0 saturated carbocycles. The van der Waals surface area contributed by atoms with Gasteiger partial charge >= 0.3 is 0 Å². The van der Waals surface area contributed by atoms with Gasteiger partial charge < -0.3 is 11.1 Å². The molecule has 3 nitrogen and oxygen atoms in total. The first-order valence-corrected chi connectivity index (χ1v) is 7.15. The molecule has 0 aliphatic rings. The van der Waals surface area contributed by atoms with Gasteiger partial charge in [-0.3, -0.25) is 4.79 Å². The van der Waals surface area contributed by atoms with E-state index in [0.29, 0.717) is 17.4 Å². The second-order valence-corrected chi connectivity index (χ2v) is 5.61. The van der Waals surface area contributed by atoms with Crippen LogP contribution in [-0.2, 0) is 4.79 Å². The molecule has 1 aromatic carbocycles. The summed E-state index contributed by atoms with van der Waals surface area (Å²) >= 11 is 5.89. The Hall–Kier alpha value is -1.06. The molecule has 106 valence electrons. The Labute approximate surface area is 120 Å². The Morgan fingerprint density at radius 1 is 1.32 bits per heavy atom. The lowest BCUT2D eigenvalue weighted by molar-refractivity contribution is -0.123. The van der Waals surface area contributed by atoms with E-state index >= 15 is 0 Å². The van der Waals surface area contributed by atoms with E-state index in [2.05, 4.69) is 19.2 Å². The fraction of sp³-hybridized carbons (Fsp3) is 0.533. The van der Waals surface area contributed by atoms with E-state index in [4.69, 9.17) is 17.3 Å². The van der Waals surface area contributed by atoms with Crippen LogP contribution in [0.3, 0.4) is 0 Å². The van der Waals surface area contributed by atoms with E-state index in [0.717, 1.165) is 12.0 Å². The van der Waals surface area contributed by atoms with Gasteiger partial charge in [0.2, 0.25) is 5.91 Å². The molecule has 3 N–H and O–H groups in total. The standard InChI is InChI=1S/C15H23ClN2O/c1-4-5-13(17)15(19)18-14(10(2)3)11-6-8-12(16)9-7-11/h6-10,13-14H,4-5,17H2,1-3H3,(H,18,19). The minimum absolute atomic E-state index is 0.0346. The van der Waals surface area contributed by atoms with Crippen LogP contribution in [0.4, 0.5) is 0 Å². The van der Waals surface area contributed by atoms with Gasteiger partial charge in [-0.1, -0.05) is 50.9 Å². The number of hydrogen-bond acceptors (Lipinski definition) is 2. The number of nitrogens with two attached hydrogens (primary N) is 1. The van der Waals surface area contributed by atoms with Crippen molar-refractivity contribution in [2.24, 2.45) is 11.7 Å². The lowest BCUT2D eigenvalue weighted by Gasteiger charge is -2.24. The van der Waals surface area contributed by atoms with Crippen LogP contribution in [0, 0.1) is 5.92 Å². The third-order valence-corrected chi connectivity index (χ3v) is 3.38. The maximum absolute atomic E-state index is 12.0. The molecule has 0 saturated heterocycles. The highest BCUT2D eigenvalue weighted by atomic mass is 35.5. The number of rotatable bonds is 6. The topological polar surface area (TPSA) is 55.1 Å². The molecule has 1 aromatic rings. The van der Waals surface area contributed by atoms with Crippen LogP contribution in [0.25, 0.3) is 0 Å². The van der Waals surface area contributed by atoms with Crippen molar-refractivity contribution in [3.8, 4) is 0 Å². The van der Waals surface area contributed by atoms with Crippen LogP contribution in [0.15, 0.2) is 24.3 Å². The van der Waals surface area contributed by atoms with E-state index in [1.807, 2.05) is 31.2 Å². The van der Waals surface area contributed by atoms with Gasteiger partial charge in [-0.25, -0.2) is 0 Å². The first-order valence-electron chi connectivity index (χ1n) is 6.77. The van der Waals surface area contributed by atoms with Crippen molar-refractivity contribution < 1.29 is 4.79 Å². The fourth-order valence-electron chi connectivity index (χ4n) is 2.01. The summed E-state index contributed by atoms with van der Waals surface area (Å²) in [6.45, 7) is 6.17. The average molecular weight is 283 g/mol. The summed E-state index contributed by atoms with van der Waals surface area (Å²) in [5, 5.41) is 3.72. The third kappa shape index (κ3) is 4.84. The highest BCUT2D eigenvalue weighted by Crippen LogP contribution is 2.23. The fourth-order valence-corrected chi connectivity index (χ4v) is 2.13. The molecule has 0 aliphatic carbocycles. The van der Waals surface area contributed by atoms with Crippen LogP contribution in [0.5, 0.6) is 0 Å². The van der Waals surface area contributed by atoms with Crippen molar-refractivity contribution in [1.29, 1.82) is 0 Å². The Morgan fingerprint density at radius 3 is 2.37 bits per heavy atom. The zero-order valence-corrected chi connectivity index (χ0v) is 12.6. The second kappa shape index (κ2) is 7.51. The molecule has 19 heavy (non-hydrogen) atoms. The van der Waals surface area contributed by atoms with Gasteiger partial charge in [0.25, 0.3) is 0 Å². The van der Waals surface area contributed by atoms with Crippen LogP contribution in [0.2, 0.25) is 5.02 Å². The monoisotopic (exact) mass is 282 g/mol. The van der Waals surface area contributed by atoms with Crippen LogP contribution in [0.1, 0.15) is 45.2 Å². The van der Waals surface area contributed by atoms with Crippen molar-refractivity contribution in [2.45, 2.75) is 45.7 Å². The van der Waals surface area contributed by atoms with Gasteiger partial charge in [0, 0.05) is 5.02 Å². The molecule has 0 aliphatic heterocycles. The highest BCUT2D eigenvalue weighted by Gasteiger charge is 2.21. The van der Waals surface area contributed by atoms with Crippen molar-refractivity contribution in [3.05, 3.63) is 34.9 Å². The summed E-state index contributed by atoms with van der Waals surface area (Å²) in [4.78, 5) is 12.0. The maximum atomic E-state index is 12.0. The highest BCUT2D eigenvalue weighted by molar-refractivity contribution is 6.30. The quantitative estimate of drug-likeness (QED) is 0.841. The number of benzene rings is 1.